The molecule has 0 spiro atoms. The minimum absolute atomic E-state index is 0.186. The molecule has 0 amide bonds. The normalized spacial score (nSPS) is 17.4. The van der Waals surface area contributed by atoms with Crippen molar-refractivity contribution in [1.82, 2.24) is 0 Å². The molecular weight excluding hydrogens is 260 g/mol. The number of allylic oxidation sites excluding steroid dienone is 1. The summed E-state index contributed by atoms with van der Waals surface area (Å²) in [6.45, 7) is 3.57. The topological polar surface area (TPSA) is 18.5 Å². The Balaban J connectivity index is 1.67. The maximum absolute atomic E-state index is 5.51. The van der Waals surface area contributed by atoms with E-state index in [-0.39, 0.29) is 6.29 Å². The zero-order valence-corrected chi connectivity index (χ0v) is 12.2. The van der Waals surface area contributed by atoms with Crippen molar-refractivity contribution in [2.75, 3.05) is 13.2 Å². The van der Waals surface area contributed by atoms with Crippen molar-refractivity contribution < 1.29 is 9.47 Å². The van der Waals surface area contributed by atoms with Crippen molar-refractivity contribution in [3.63, 3.8) is 0 Å². The van der Waals surface area contributed by atoms with Gasteiger partial charge in [-0.05, 0) is 17.0 Å². The lowest BCUT2D eigenvalue weighted by molar-refractivity contribution is -0.0441. The number of ether oxygens (including phenoxy) is 2. The molecule has 2 nitrogen and oxygen atoms in total. The lowest BCUT2D eigenvalue weighted by Gasteiger charge is -2.12. The second kappa shape index (κ2) is 6.70. The van der Waals surface area contributed by atoms with Gasteiger partial charge in [0.15, 0.2) is 6.29 Å². The lowest BCUT2D eigenvalue weighted by atomic mass is 9.98. The molecule has 108 valence electrons. The van der Waals surface area contributed by atoms with Crippen LogP contribution in [-0.2, 0) is 9.47 Å². The van der Waals surface area contributed by atoms with Gasteiger partial charge in [0.2, 0.25) is 0 Å². The van der Waals surface area contributed by atoms with Crippen LogP contribution in [0.2, 0.25) is 0 Å². The van der Waals surface area contributed by atoms with E-state index in [1.807, 2.05) is 6.07 Å². The second-order valence-corrected chi connectivity index (χ2v) is 5.30. The molecule has 0 saturated carbocycles. The number of hydrogen-bond acceptors (Lipinski definition) is 2. The SMILES string of the molecule is CC(/C=C/c1ccccc1)c1ccc(C2OCCO2)cc1. The minimum atomic E-state index is -0.186. The summed E-state index contributed by atoms with van der Waals surface area (Å²) >= 11 is 0. The van der Waals surface area contributed by atoms with Crippen LogP contribution in [-0.4, -0.2) is 13.2 Å². The van der Waals surface area contributed by atoms with E-state index in [0.717, 1.165) is 5.56 Å². The van der Waals surface area contributed by atoms with Gasteiger partial charge in [0.25, 0.3) is 0 Å². The van der Waals surface area contributed by atoms with E-state index in [1.54, 1.807) is 0 Å². The van der Waals surface area contributed by atoms with Crippen LogP contribution < -0.4 is 0 Å². The molecule has 1 heterocycles. The van der Waals surface area contributed by atoms with Gasteiger partial charge < -0.3 is 9.47 Å². The van der Waals surface area contributed by atoms with Crippen molar-refractivity contribution in [2.45, 2.75) is 19.1 Å². The third kappa shape index (κ3) is 3.60. The molecule has 0 aliphatic carbocycles. The van der Waals surface area contributed by atoms with Crippen LogP contribution in [0.15, 0.2) is 60.7 Å². The van der Waals surface area contributed by atoms with Crippen LogP contribution in [0.5, 0.6) is 0 Å². The molecule has 0 aromatic heterocycles. The van der Waals surface area contributed by atoms with Crippen LogP contribution in [0.4, 0.5) is 0 Å². The van der Waals surface area contributed by atoms with Crippen LogP contribution in [0.25, 0.3) is 6.08 Å². The van der Waals surface area contributed by atoms with Crippen LogP contribution >= 0.6 is 0 Å². The van der Waals surface area contributed by atoms with Crippen LogP contribution in [0.1, 0.15) is 35.8 Å². The summed E-state index contributed by atoms with van der Waals surface area (Å²) in [7, 11) is 0. The summed E-state index contributed by atoms with van der Waals surface area (Å²) in [4.78, 5) is 0. The summed E-state index contributed by atoms with van der Waals surface area (Å²) in [6.07, 6.45) is 4.21. The summed E-state index contributed by atoms with van der Waals surface area (Å²) in [5, 5.41) is 0. The van der Waals surface area contributed by atoms with Gasteiger partial charge in [-0.15, -0.1) is 0 Å². The zero-order valence-electron chi connectivity index (χ0n) is 12.2. The van der Waals surface area contributed by atoms with E-state index in [1.165, 1.54) is 11.1 Å². The monoisotopic (exact) mass is 280 g/mol. The van der Waals surface area contributed by atoms with Crippen molar-refractivity contribution in [3.05, 3.63) is 77.4 Å². The Morgan fingerprint density at radius 1 is 0.952 bits per heavy atom. The highest BCUT2D eigenvalue weighted by Crippen LogP contribution is 2.25. The van der Waals surface area contributed by atoms with E-state index in [9.17, 15) is 0 Å². The first-order valence-corrected chi connectivity index (χ1v) is 7.39. The first-order chi connectivity index (χ1) is 10.3. The van der Waals surface area contributed by atoms with E-state index < -0.39 is 0 Å². The Morgan fingerprint density at radius 2 is 1.62 bits per heavy atom. The first-order valence-electron chi connectivity index (χ1n) is 7.39. The molecule has 1 aliphatic rings. The molecule has 1 unspecified atom stereocenters. The van der Waals surface area contributed by atoms with Crippen molar-refractivity contribution in [2.24, 2.45) is 0 Å². The number of rotatable bonds is 4. The fraction of sp³-hybridized carbons (Fsp3) is 0.263. The Labute approximate surface area is 126 Å². The maximum Gasteiger partial charge on any atom is 0.184 e. The highest BCUT2D eigenvalue weighted by atomic mass is 16.7. The van der Waals surface area contributed by atoms with E-state index in [4.69, 9.17) is 9.47 Å². The standard InChI is InChI=1S/C19H20O2/c1-15(7-8-16-5-3-2-4-6-16)17-9-11-18(12-10-17)19-20-13-14-21-19/h2-12,15,19H,13-14H2,1H3/b8-7+. The quantitative estimate of drug-likeness (QED) is 0.818. The predicted octanol–water partition coefficient (Wildman–Crippen LogP) is 4.55. The molecule has 2 aromatic carbocycles. The highest BCUT2D eigenvalue weighted by Gasteiger charge is 2.17. The van der Waals surface area contributed by atoms with E-state index >= 15 is 0 Å². The highest BCUT2D eigenvalue weighted by molar-refractivity contribution is 5.50. The third-order valence-electron chi connectivity index (χ3n) is 3.73. The average Bonchev–Trinajstić information content (AvgIpc) is 3.08. The molecular formula is C19H20O2. The molecule has 1 fully saturated rings. The molecule has 0 bridgehead atoms. The van der Waals surface area contributed by atoms with E-state index in [2.05, 4.69) is 67.6 Å². The predicted molar refractivity (Wildman–Crippen MR) is 85.0 cm³/mol. The average molecular weight is 280 g/mol. The Bertz CT molecular complexity index is 581. The van der Waals surface area contributed by atoms with Crippen molar-refractivity contribution in [3.8, 4) is 0 Å². The molecule has 1 atom stereocenters. The number of hydrogen-bond donors (Lipinski definition) is 0. The van der Waals surface area contributed by atoms with Gasteiger partial charge in [0.1, 0.15) is 0 Å². The fourth-order valence-corrected chi connectivity index (χ4v) is 2.44. The molecule has 2 heteroatoms. The summed E-state index contributed by atoms with van der Waals surface area (Å²) in [5.41, 5.74) is 3.62. The smallest absolute Gasteiger partial charge is 0.184 e. The molecule has 1 aliphatic heterocycles. The Morgan fingerprint density at radius 3 is 2.29 bits per heavy atom. The van der Waals surface area contributed by atoms with Gasteiger partial charge in [-0.25, -0.2) is 0 Å². The molecule has 21 heavy (non-hydrogen) atoms. The van der Waals surface area contributed by atoms with Gasteiger partial charge >= 0.3 is 0 Å². The maximum atomic E-state index is 5.51. The summed E-state index contributed by atoms with van der Waals surface area (Å²) < 4.78 is 11.0. The third-order valence-corrected chi connectivity index (χ3v) is 3.73. The van der Waals surface area contributed by atoms with Gasteiger partial charge in [0, 0.05) is 5.56 Å². The molecule has 3 rings (SSSR count). The van der Waals surface area contributed by atoms with Crippen LogP contribution in [0, 0.1) is 0 Å². The fourth-order valence-electron chi connectivity index (χ4n) is 2.44. The summed E-state index contributed by atoms with van der Waals surface area (Å²) in [5.74, 6) is 0.379. The van der Waals surface area contributed by atoms with Crippen molar-refractivity contribution in [1.29, 1.82) is 0 Å². The zero-order chi connectivity index (χ0) is 14.5. The van der Waals surface area contributed by atoms with Gasteiger partial charge in [-0.2, -0.15) is 0 Å². The van der Waals surface area contributed by atoms with Gasteiger partial charge in [-0.1, -0.05) is 73.7 Å². The molecule has 0 N–H and O–H groups in total. The lowest BCUT2D eigenvalue weighted by Crippen LogP contribution is -1.98. The molecule has 1 saturated heterocycles. The van der Waals surface area contributed by atoms with Gasteiger partial charge in [-0.3, -0.25) is 0 Å². The largest absolute Gasteiger partial charge is 0.346 e. The number of benzene rings is 2. The second-order valence-electron chi connectivity index (χ2n) is 5.30. The first kappa shape index (κ1) is 14.1. The molecule has 2 aromatic rings. The van der Waals surface area contributed by atoms with E-state index in [0.29, 0.717) is 19.1 Å². The Kier molecular flexibility index (Phi) is 4.49. The van der Waals surface area contributed by atoms with Gasteiger partial charge in [0.05, 0.1) is 13.2 Å². The van der Waals surface area contributed by atoms with Crippen LogP contribution in [0.3, 0.4) is 0 Å². The minimum Gasteiger partial charge on any atom is -0.346 e. The van der Waals surface area contributed by atoms with Crippen molar-refractivity contribution >= 4 is 6.08 Å². The Hall–Kier alpha value is -1.90. The molecule has 0 radical (unpaired) electrons. The summed E-state index contributed by atoms with van der Waals surface area (Å²) in [6, 6.07) is 18.9.